The molecule has 0 spiro atoms. The highest BCUT2D eigenvalue weighted by molar-refractivity contribution is 6.32. The van der Waals surface area contributed by atoms with Crippen molar-refractivity contribution in [2.75, 3.05) is 6.61 Å². The Labute approximate surface area is 145 Å². The Morgan fingerprint density at radius 3 is 1.85 bits per heavy atom. The number of aliphatic hydroxyl groups is 5. The summed E-state index contributed by atoms with van der Waals surface area (Å²) in [7, 11) is 0. The Bertz CT molecular complexity index is 539. The molecule has 0 fully saturated rings. The number of nitrogens with two attached hydrogens (primary N) is 4. The Morgan fingerprint density at radius 2 is 1.46 bits per heavy atom. The van der Waals surface area contributed by atoms with E-state index in [0.717, 1.165) is 6.21 Å². The van der Waals surface area contributed by atoms with Gasteiger partial charge in [0.1, 0.15) is 30.1 Å². The van der Waals surface area contributed by atoms with E-state index in [-0.39, 0.29) is 5.96 Å². The molecule has 0 bridgehead atoms. The number of hydrogen-bond donors (Lipinski definition) is 10. The van der Waals surface area contributed by atoms with Crippen molar-refractivity contribution in [3.05, 3.63) is 10.1 Å². The fourth-order valence-electron chi connectivity index (χ4n) is 1.13. The van der Waals surface area contributed by atoms with Crippen molar-refractivity contribution in [3.63, 3.8) is 0 Å². The lowest BCUT2D eigenvalue weighted by atomic mass is 10.0. The van der Waals surface area contributed by atoms with Gasteiger partial charge in [-0.25, -0.2) is 0 Å². The third kappa shape index (κ3) is 12.3. The summed E-state index contributed by atoms with van der Waals surface area (Å²) in [4.78, 5) is 8.36. The molecular weight excluding hydrogens is 362 g/mol. The fourth-order valence-corrected chi connectivity index (χ4v) is 1.13. The molecule has 14 N–H and O–H groups in total. The summed E-state index contributed by atoms with van der Waals surface area (Å²) >= 11 is 0. The molecule has 0 saturated carbocycles. The maximum atomic E-state index is 9.88. The van der Waals surface area contributed by atoms with Gasteiger partial charge >= 0.3 is 0 Å². The maximum absolute atomic E-state index is 9.88. The predicted octanol–water partition coefficient (Wildman–Crippen LogP) is -6.04. The van der Waals surface area contributed by atoms with E-state index >= 15 is 0 Å². The first-order chi connectivity index (χ1) is 11.9. The van der Waals surface area contributed by atoms with E-state index < -0.39 is 47.8 Å². The Hall–Kier alpha value is -3.12. The molecule has 4 unspecified atom stereocenters. The highest BCUT2D eigenvalue weighted by Gasteiger charge is 2.32. The van der Waals surface area contributed by atoms with Gasteiger partial charge in [-0.3, -0.25) is 0 Å². The lowest BCUT2D eigenvalue weighted by molar-refractivity contribution is -0.742. The summed E-state index contributed by atoms with van der Waals surface area (Å²) in [6.45, 7) is -0.840. The molecule has 0 amide bonds. The number of nitrogens with zero attached hydrogens (tertiary/aromatic N) is 5. The summed E-state index contributed by atoms with van der Waals surface area (Å²) in [6.07, 6.45) is -6.54. The van der Waals surface area contributed by atoms with Crippen LogP contribution in [0.3, 0.4) is 0 Å². The van der Waals surface area contributed by atoms with Gasteiger partial charge in [0.15, 0.2) is 0 Å². The van der Waals surface area contributed by atoms with Crippen LogP contribution in [0.5, 0.6) is 0 Å². The first-order valence-electron chi connectivity index (χ1n) is 6.38. The highest BCUT2D eigenvalue weighted by Crippen LogP contribution is 2.06. The van der Waals surface area contributed by atoms with Gasteiger partial charge in [0.2, 0.25) is 11.9 Å². The van der Waals surface area contributed by atoms with E-state index in [1.165, 1.54) is 0 Å². The lowest BCUT2D eigenvalue weighted by Crippen LogP contribution is -2.49. The second-order valence-corrected chi connectivity index (χ2v) is 4.23. The van der Waals surface area contributed by atoms with Crippen LogP contribution in [-0.2, 0) is 0 Å². The topological polar surface area (TPSA) is 318 Å². The van der Waals surface area contributed by atoms with E-state index in [2.05, 4.69) is 20.4 Å². The lowest BCUT2D eigenvalue weighted by Gasteiger charge is -2.25. The molecule has 0 rings (SSSR count). The molecule has 0 aliphatic heterocycles. The van der Waals surface area contributed by atoms with Crippen LogP contribution >= 0.6 is 0 Å². The van der Waals surface area contributed by atoms with E-state index in [9.17, 15) is 20.4 Å². The minimum Gasteiger partial charge on any atom is -0.394 e. The van der Waals surface area contributed by atoms with Crippen molar-refractivity contribution < 1.29 is 35.8 Å². The van der Waals surface area contributed by atoms with Crippen LogP contribution in [0.2, 0.25) is 0 Å². The molecule has 17 nitrogen and oxygen atoms in total. The molecule has 0 aromatic heterocycles. The number of aliphatic hydroxyl groups excluding tert-OH is 5. The number of hydrogen-bond acceptors (Lipinski definition) is 11. The molecule has 17 heteroatoms. The quantitative estimate of drug-likeness (QED) is 0.0809. The first kappa shape index (κ1) is 25.1. The van der Waals surface area contributed by atoms with Crippen LogP contribution < -0.4 is 22.9 Å². The van der Waals surface area contributed by atoms with E-state index in [4.69, 9.17) is 43.4 Å². The van der Waals surface area contributed by atoms with E-state index in [1.807, 2.05) is 0 Å². The molecule has 0 heterocycles. The van der Waals surface area contributed by atoms with Gasteiger partial charge in [0.05, 0.1) is 12.8 Å². The molecule has 0 radical (unpaired) electrons. The summed E-state index contributed by atoms with van der Waals surface area (Å²) < 4.78 is 0. The van der Waals surface area contributed by atoms with Crippen LogP contribution in [-0.4, -0.2) is 90.7 Å². The third-order valence-electron chi connectivity index (χ3n) is 2.20. The molecular formula is C9H21N9O8. The summed E-state index contributed by atoms with van der Waals surface area (Å²) in [5.74, 6) is -0.839. The predicted molar refractivity (Wildman–Crippen MR) is 87.4 cm³/mol. The molecule has 0 aliphatic carbocycles. The van der Waals surface area contributed by atoms with Gasteiger partial charge in [0, 0.05) is 0 Å². The van der Waals surface area contributed by atoms with Crippen LogP contribution in [0.15, 0.2) is 20.4 Å². The Balaban J connectivity index is 0. The summed E-state index contributed by atoms with van der Waals surface area (Å²) in [6, 6.07) is 0. The SMILES string of the molecule is NC(N)=N/N=C/C(=N\N=C(N)N)C(O)C(O)C(O)C(O)CO.O=[N+]([O-])O. The molecule has 0 aromatic carbocycles. The smallest absolute Gasteiger partial charge is 0.291 e. The zero-order chi connectivity index (χ0) is 20.9. The zero-order valence-electron chi connectivity index (χ0n) is 13.1. The Kier molecular flexibility index (Phi) is 12.8. The van der Waals surface area contributed by atoms with Crippen LogP contribution in [0, 0.1) is 10.1 Å². The average Bonchev–Trinajstić information content (AvgIpc) is 2.54. The number of guanidine groups is 2. The van der Waals surface area contributed by atoms with Crippen LogP contribution in [0.4, 0.5) is 0 Å². The normalized spacial score (nSPS) is 15.8. The molecule has 4 atom stereocenters. The molecule has 150 valence electrons. The van der Waals surface area contributed by atoms with Gasteiger partial charge in [-0.15, -0.1) is 25.4 Å². The molecule has 26 heavy (non-hydrogen) atoms. The van der Waals surface area contributed by atoms with Crippen molar-refractivity contribution in [1.82, 2.24) is 0 Å². The van der Waals surface area contributed by atoms with Gasteiger partial charge in [-0.2, -0.15) is 5.10 Å². The molecule has 0 saturated heterocycles. The second-order valence-electron chi connectivity index (χ2n) is 4.23. The Morgan fingerprint density at radius 1 is 1.00 bits per heavy atom. The van der Waals surface area contributed by atoms with Crippen molar-refractivity contribution in [2.24, 2.45) is 43.3 Å². The standard InChI is InChI=1S/C9H20N8O5.HNO3/c10-8(11)16-14-1-3(15-17-9(12)13)5(20)7(22)6(21)4(19)2-18;2-1(3)4/h1,4-7,18-22H,2H2,(H4,10,11,16)(H4,12,13,17);(H,2,3,4)/b14-1+,15-3+;. The number of rotatable bonds is 8. The van der Waals surface area contributed by atoms with Crippen molar-refractivity contribution in [2.45, 2.75) is 24.4 Å². The first-order valence-corrected chi connectivity index (χ1v) is 6.38. The summed E-state index contributed by atoms with van der Waals surface area (Å²) in [5, 5.41) is 73.9. The minimum atomic E-state index is -1.93. The third-order valence-corrected chi connectivity index (χ3v) is 2.20. The maximum Gasteiger partial charge on any atom is 0.291 e. The average molecular weight is 383 g/mol. The minimum absolute atomic E-state index is 0.386. The van der Waals surface area contributed by atoms with Crippen molar-refractivity contribution in [3.8, 4) is 0 Å². The molecule has 0 aromatic rings. The van der Waals surface area contributed by atoms with Crippen LogP contribution in [0.1, 0.15) is 0 Å². The molecule has 0 aliphatic rings. The second kappa shape index (κ2) is 13.2. The van der Waals surface area contributed by atoms with Gasteiger partial charge in [-0.1, -0.05) is 0 Å². The fraction of sp³-hybridized carbons (Fsp3) is 0.556. The van der Waals surface area contributed by atoms with Gasteiger partial charge in [-0.05, 0) is 0 Å². The zero-order valence-corrected chi connectivity index (χ0v) is 13.1. The van der Waals surface area contributed by atoms with Crippen molar-refractivity contribution in [1.29, 1.82) is 0 Å². The monoisotopic (exact) mass is 383 g/mol. The summed E-state index contributed by atoms with van der Waals surface area (Å²) in [5.41, 5.74) is 19.8. The van der Waals surface area contributed by atoms with Gasteiger partial charge in [0.25, 0.3) is 5.09 Å². The highest BCUT2D eigenvalue weighted by atomic mass is 16.9. The van der Waals surface area contributed by atoms with E-state index in [1.54, 1.807) is 0 Å². The van der Waals surface area contributed by atoms with Gasteiger partial charge < -0.3 is 53.7 Å². The largest absolute Gasteiger partial charge is 0.394 e. The van der Waals surface area contributed by atoms with E-state index in [0.29, 0.717) is 0 Å². The van der Waals surface area contributed by atoms with Crippen LogP contribution in [0.25, 0.3) is 0 Å². The van der Waals surface area contributed by atoms with Crippen molar-refractivity contribution >= 4 is 23.8 Å².